The van der Waals surface area contributed by atoms with Crippen LogP contribution in [0.4, 0.5) is 5.13 Å². The third kappa shape index (κ3) is 2.42. The number of rotatable bonds is 5. The van der Waals surface area contributed by atoms with Gasteiger partial charge in [0.05, 0.1) is 6.20 Å². The lowest BCUT2D eigenvalue weighted by molar-refractivity contribution is 0.0865. The molecule has 3 N–H and O–H groups in total. The van der Waals surface area contributed by atoms with Crippen molar-refractivity contribution in [2.24, 2.45) is 17.8 Å². The van der Waals surface area contributed by atoms with Crippen LogP contribution in [0.15, 0.2) is 6.20 Å². The van der Waals surface area contributed by atoms with E-state index in [2.05, 4.69) is 15.6 Å². The van der Waals surface area contributed by atoms with Gasteiger partial charge in [-0.25, -0.2) is 4.98 Å². The maximum atomic E-state index is 12.3. The molecule has 5 nitrogen and oxygen atoms in total. The fourth-order valence-electron chi connectivity index (χ4n) is 3.73. The van der Waals surface area contributed by atoms with Crippen molar-refractivity contribution in [1.82, 2.24) is 10.3 Å². The fourth-order valence-corrected chi connectivity index (χ4v) is 4.52. The lowest BCUT2D eigenvalue weighted by Gasteiger charge is -2.30. The molecule has 0 saturated heterocycles. The summed E-state index contributed by atoms with van der Waals surface area (Å²) in [7, 11) is 0. The van der Waals surface area contributed by atoms with Gasteiger partial charge in [-0.3, -0.25) is 4.79 Å². The highest BCUT2D eigenvalue weighted by molar-refractivity contribution is 7.17. The molecule has 1 heterocycles. The first-order chi connectivity index (χ1) is 9.72. The average Bonchev–Trinajstić information content (AvgIpc) is 3.13. The van der Waals surface area contributed by atoms with Crippen LogP contribution in [-0.4, -0.2) is 35.2 Å². The smallest absolute Gasteiger partial charge is 0.263 e. The first-order valence-corrected chi connectivity index (χ1v) is 8.16. The highest BCUT2D eigenvalue weighted by Crippen LogP contribution is 2.48. The lowest BCUT2D eigenvalue weighted by Crippen LogP contribution is -2.45. The van der Waals surface area contributed by atoms with Gasteiger partial charge >= 0.3 is 0 Å². The SMILES string of the molecule is CCNc1ncc(C(=O)N[C@H]2[C@H]3CC[C@@H](C3)[C@H]2CO)s1. The minimum absolute atomic E-state index is 0.0531. The van der Waals surface area contributed by atoms with E-state index in [0.717, 1.165) is 18.1 Å². The molecule has 0 radical (unpaired) electrons. The Labute approximate surface area is 122 Å². The molecule has 1 aromatic heterocycles. The molecule has 1 amide bonds. The normalized spacial score (nSPS) is 31.5. The number of carbonyl (C=O) groups excluding carboxylic acids is 1. The van der Waals surface area contributed by atoms with Crippen LogP contribution in [0.25, 0.3) is 0 Å². The molecule has 1 aromatic rings. The average molecular weight is 295 g/mol. The second kappa shape index (κ2) is 5.69. The number of thiazole rings is 1. The molecular weight excluding hydrogens is 274 g/mol. The van der Waals surface area contributed by atoms with E-state index < -0.39 is 0 Å². The first kappa shape index (κ1) is 13.8. The van der Waals surface area contributed by atoms with E-state index >= 15 is 0 Å². The summed E-state index contributed by atoms with van der Waals surface area (Å²) in [6.07, 6.45) is 5.16. The number of aromatic nitrogens is 1. The Morgan fingerprint density at radius 2 is 2.30 bits per heavy atom. The molecule has 0 aromatic carbocycles. The Bertz CT molecular complexity index is 491. The van der Waals surface area contributed by atoms with Gasteiger partial charge in [0.2, 0.25) is 0 Å². The Morgan fingerprint density at radius 3 is 3.05 bits per heavy atom. The third-order valence-corrected chi connectivity index (χ3v) is 5.61. The quantitative estimate of drug-likeness (QED) is 0.773. The van der Waals surface area contributed by atoms with Crippen molar-refractivity contribution in [3.8, 4) is 0 Å². The number of hydrogen-bond donors (Lipinski definition) is 3. The number of fused-ring (bicyclic) bond motifs is 2. The van der Waals surface area contributed by atoms with Crippen LogP contribution in [0.1, 0.15) is 35.9 Å². The molecule has 110 valence electrons. The van der Waals surface area contributed by atoms with Crippen LogP contribution in [-0.2, 0) is 0 Å². The summed E-state index contributed by atoms with van der Waals surface area (Å²) in [6, 6.07) is 0.135. The molecule has 2 bridgehead atoms. The number of hydrogen-bond acceptors (Lipinski definition) is 5. The number of nitrogens with zero attached hydrogens (tertiary/aromatic N) is 1. The van der Waals surface area contributed by atoms with Crippen molar-refractivity contribution >= 4 is 22.4 Å². The van der Waals surface area contributed by atoms with E-state index in [4.69, 9.17) is 0 Å². The standard InChI is InChI=1S/C14H21N3O2S/c1-2-15-14-16-6-11(20-14)13(19)17-12-9-4-3-8(5-9)10(12)7-18/h6,8-10,12,18H,2-5,7H2,1H3,(H,15,16)(H,17,19)/t8-,9-,10+,12-/m0/s1. The van der Waals surface area contributed by atoms with Gasteiger partial charge in [0, 0.05) is 25.1 Å². The molecule has 2 aliphatic carbocycles. The topological polar surface area (TPSA) is 74.2 Å². The lowest BCUT2D eigenvalue weighted by atomic mass is 9.85. The Hall–Kier alpha value is -1.14. The predicted octanol–water partition coefficient (Wildman–Crippen LogP) is 1.71. The highest BCUT2D eigenvalue weighted by Gasteiger charge is 2.47. The number of anilines is 1. The molecule has 0 unspecified atom stereocenters. The van der Waals surface area contributed by atoms with Crippen molar-refractivity contribution in [3.05, 3.63) is 11.1 Å². The van der Waals surface area contributed by atoms with Gasteiger partial charge in [0.25, 0.3) is 5.91 Å². The van der Waals surface area contributed by atoms with Crippen molar-refractivity contribution in [3.63, 3.8) is 0 Å². The monoisotopic (exact) mass is 295 g/mol. The van der Waals surface area contributed by atoms with Gasteiger partial charge in [-0.2, -0.15) is 0 Å². The highest BCUT2D eigenvalue weighted by atomic mass is 32.1. The summed E-state index contributed by atoms with van der Waals surface area (Å²) in [5, 5.41) is 16.6. The number of aliphatic hydroxyl groups excluding tert-OH is 1. The molecule has 6 heteroatoms. The molecule has 3 rings (SSSR count). The van der Waals surface area contributed by atoms with Gasteiger partial charge in [0.15, 0.2) is 5.13 Å². The van der Waals surface area contributed by atoms with E-state index in [0.29, 0.717) is 16.7 Å². The summed E-state index contributed by atoms with van der Waals surface area (Å²) in [5.41, 5.74) is 0. The van der Waals surface area contributed by atoms with Gasteiger partial charge in [-0.15, -0.1) is 0 Å². The van der Waals surface area contributed by atoms with Crippen molar-refractivity contribution in [2.75, 3.05) is 18.5 Å². The number of amides is 1. The van der Waals surface area contributed by atoms with Gasteiger partial charge in [0.1, 0.15) is 4.88 Å². The van der Waals surface area contributed by atoms with E-state index in [9.17, 15) is 9.90 Å². The Balaban J connectivity index is 1.66. The van der Waals surface area contributed by atoms with Crippen LogP contribution in [0.2, 0.25) is 0 Å². The zero-order valence-corrected chi connectivity index (χ0v) is 12.4. The van der Waals surface area contributed by atoms with Gasteiger partial charge in [-0.05, 0) is 38.0 Å². The zero-order chi connectivity index (χ0) is 14.1. The molecule has 20 heavy (non-hydrogen) atoms. The number of aliphatic hydroxyl groups is 1. The molecule has 0 spiro atoms. The number of nitrogens with one attached hydrogen (secondary N) is 2. The molecule has 2 fully saturated rings. The summed E-state index contributed by atoms with van der Waals surface area (Å²) >= 11 is 1.38. The minimum Gasteiger partial charge on any atom is -0.396 e. The van der Waals surface area contributed by atoms with Crippen LogP contribution in [0.5, 0.6) is 0 Å². The second-order valence-corrected chi connectivity index (χ2v) is 6.77. The predicted molar refractivity (Wildman–Crippen MR) is 78.9 cm³/mol. The Kier molecular flexibility index (Phi) is 3.94. The summed E-state index contributed by atoms with van der Waals surface area (Å²) in [5.74, 6) is 1.32. The zero-order valence-electron chi connectivity index (χ0n) is 11.6. The van der Waals surface area contributed by atoms with E-state index in [-0.39, 0.29) is 24.5 Å². The summed E-state index contributed by atoms with van der Waals surface area (Å²) < 4.78 is 0. The van der Waals surface area contributed by atoms with E-state index in [1.165, 1.54) is 24.2 Å². The maximum absolute atomic E-state index is 12.3. The fraction of sp³-hybridized carbons (Fsp3) is 0.714. The first-order valence-electron chi connectivity index (χ1n) is 7.34. The van der Waals surface area contributed by atoms with E-state index in [1.54, 1.807) is 6.20 Å². The number of carbonyl (C=O) groups is 1. The van der Waals surface area contributed by atoms with Crippen molar-refractivity contribution in [1.29, 1.82) is 0 Å². The van der Waals surface area contributed by atoms with Crippen LogP contribution >= 0.6 is 11.3 Å². The molecule has 4 atom stereocenters. The van der Waals surface area contributed by atoms with E-state index in [1.807, 2.05) is 6.92 Å². The van der Waals surface area contributed by atoms with Crippen molar-refractivity contribution < 1.29 is 9.90 Å². The molecule has 2 saturated carbocycles. The Morgan fingerprint density at radius 1 is 1.50 bits per heavy atom. The van der Waals surface area contributed by atoms with Crippen molar-refractivity contribution in [2.45, 2.75) is 32.2 Å². The van der Waals surface area contributed by atoms with Gasteiger partial charge in [-0.1, -0.05) is 11.3 Å². The van der Waals surface area contributed by atoms with Gasteiger partial charge < -0.3 is 15.7 Å². The molecular formula is C14H21N3O2S. The molecule has 0 aliphatic heterocycles. The van der Waals surface area contributed by atoms with Crippen LogP contribution in [0, 0.1) is 17.8 Å². The van der Waals surface area contributed by atoms with Crippen LogP contribution in [0.3, 0.4) is 0 Å². The van der Waals surface area contributed by atoms with Crippen LogP contribution < -0.4 is 10.6 Å². The summed E-state index contributed by atoms with van der Waals surface area (Å²) in [4.78, 5) is 17.1. The molecule has 2 aliphatic rings. The maximum Gasteiger partial charge on any atom is 0.263 e. The second-order valence-electron chi connectivity index (χ2n) is 5.74. The summed E-state index contributed by atoms with van der Waals surface area (Å²) in [6.45, 7) is 2.98. The third-order valence-electron chi connectivity index (χ3n) is 4.65. The minimum atomic E-state index is -0.0531. The largest absolute Gasteiger partial charge is 0.396 e.